The zero-order valence-electron chi connectivity index (χ0n) is 9.28. The third kappa shape index (κ3) is 4.92. The third-order valence-electron chi connectivity index (χ3n) is 1.65. The minimum atomic E-state index is -4.89. The zero-order chi connectivity index (χ0) is 14.6. The van der Waals surface area contributed by atoms with E-state index >= 15 is 0 Å². The number of hydrogen-bond donors (Lipinski definition) is 3. The molecule has 1 rings (SSSR count). The molecule has 0 spiro atoms. The first-order valence-electron chi connectivity index (χ1n) is 4.67. The van der Waals surface area contributed by atoms with Crippen LogP contribution in [0.4, 0.5) is 18.9 Å². The quantitative estimate of drug-likeness (QED) is 0.566. The highest BCUT2D eigenvalue weighted by Gasteiger charge is 2.32. The second-order valence-corrected chi connectivity index (χ2v) is 3.55. The van der Waals surface area contributed by atoms with Crippen molar-refractivity contribution < 1.29 is 17.9 Å². The van der Waals surface area contributed by atoms with E-state index in [4.69, 9.17) is 28.8 Å². The topological polar surface area (TPSA) is 112 Å². The molecular formula is C9H9ClF3N5O. The van der Waals surface area contributed by atoms with Crippen LogP contribution in [0.2, 0.25) is 5.02 Å². The van der Waals surface area contributed by atoms with Crippen molar-refractivity contribution in [3.05, 3.63) is 23.2 Å². The summed E-state index contributed by atoms with van der Waals surface area (Å²) in [5.41, 5.74) is 15.1. The fourth-order valence-electron chi connectivity index (χ4n) is 1.08. The molecular weight excluding hydrogens is 287 g/mol. The van der Waals surface area contributed by atoms with E-state index in [1.54, 1.807) is 0 Å². The summed E-state index contributed by atoms with van der Waals surface area (Å²) in [6.07, 6.45) is -4.89. The van der Waals surface area contributed by atoms with E-state index in [0.29, 0.717) is 0 Å². The van der Waals surface area contributed by atoms with Crippen molar-refractivity contribution in [2.75, 3.05) is 0 Å². The van der Waals surface area contributed by atoms with E-state index in [1.807, 2.05) is 0 Å². The molecule has 104 valence electrons. The van der Waals surface area contributed by atoms with Crippen LogP contribution in [0.25, 0.3) is 0 Å². The molecule has 0 aliphatic carbocycles. The summed E-state index contributed by atoms with van der Waals surface area (Å²) >= 11 is 5.72. The van der Waals surface area contributed by atoms with E-state index in [-0.39, 0.29) is 10.7 Å². The van der Waals surface area contributed by atoms with Crippen molar-refractivity contribution >= 4 is 29.2 Å². The number of aliphatic imine (C=N–C) groups is 2. The Morgan fingerprint density at radius 1 is 1.21 bits per heavy atom. The Balaban J connectivity index is 3.22. The molecule has 0 fully saturated rings. The van der Waals surface area contributed by atoms with Crippen molar-refractivity contribution in [1.82, 2.24) is 0 Å². The summed E-state index contributed by atoms with van der Waals surface area (Å²) in [6.45, 7) is 0. The maximum absolute atomic E-state index is 12.2. The molecule has 0 saturated heterocycles. The first-order valence-corrected chi connectivity index (χ1v) is 5.05. The number of nitrogens with zero attached hydrogens (tertiary/aromatic N) is 2. The summed E-state index contributed by atoms with van der Waals surface area (Å²) in [5, 5.41) is -0.101. The normalized spacial score (nSPS) is 12.1. The molecule has 6 nitrogen and oxygen atoms in total. The van der Waals surface area contributed by atoms with Gasteiger partial charge in [0.05, 0.1) is 5.02 Å². The van der Waals surface area contributed by atoms with Gasteiger partial charge in [0.2, 0.25) is 5.96 Å². The van der Waals surface area contributed by atoms with Gasteiger partial charge in [0, 0.05) is 0 Å². The number of benzene rings is 1. The van der Waals surface area contributed by atoms with Gasteiger partial charge in [-0.3, -0.25) is 0 Å². The second-order valence-electron chi connectivity index (χ2n) is 3.14. The van der Waals surface area contributed by atoms with E-state index in [2.05, 4.69) is 14.7 Å². The summed E-state index contributed by atoms with van der Waals surface area (Å²) in [4.78, 5) is 6.93. The number of hydrogen-bond acceptors (Lipinski definition) is 2. The molecule has 0 aliphatic heterocycles. The Hall–Kier alpha value is -2.16. The number of para-hydroxylation sites is 1. The van der Waals surface area contributed by atoms with Crippen LogP contribution in [0, 0.1) is 0 Å². The molecule has 0 bridgehead atoms. The molecule has 0 heterocycles. The monoisotopic (exact) mass is 295 g/mol. The molecule has 19 heavy (non-hydrogen) atoms. The predicted molar refractivity (Wildman–Crippen MR) is 65.2 cm³/mol. The summed E-state index contributed by atoms with van der Waals surface area (Å²) in [6, 6.07) is 3.60. The minimum absolute atomic E-state index is 0.101. The second kappa shape index (κ2) is 5.65. The number of ether oxygens (including phenoxy) is 1. The van der Waals surface area contributed by atoms with E-state index in [0.717, 1.165) is 6.07 Å². The van der Waals surface area contributed by atoms with Crippen LogP contribution in [0.15, 0.2) is 28.2 Å². The Kier molecular flexibility index (Phi) is 4.43. The maximum atomic E-state index is 12.2. The van der Waals surface area contributed by atoms with Crippen LogP contribution in [0.3, 0.4) is 0 Å². The third-order valence-corrected chi connectivity index (χ3v) is 1.95. The van der Waals surface area contributed by atoms with Crippen LogP contribution < -0.4 is 21.9 Å². The van der Waals surface area contributed by atoms with Gasteiger partial charge in [0.1, 0.15) is 5.69 Å². The molecule has 6 N–H and O–H groups in total. The maximum Gasteiger partial charge on any atom is 0.573 e. The molecule has 0 amide bonds. The van der Waals surface area contributed by atoms with Gasteiger partial charge in [0.25, 0.3) is 0 Å². The molecule has 0 aliphatic rings. The zero-order valence-corrected chi connectivity index (χ0v) is 10.0. The molecule has 1 aromatic carbocycles. The van der Waals surface area contributed by atoms with Gasteiger partial charge < -0.3 is 21.9 Å². The number of guanidine groups is 2. The lowest BCUT2D eigenvalue weighted by atomic mass is 10.3. The van der Waals surface area contributed by atoms with Crippen molar-refractivity contribution in [2.24, 2.45) is 27.2 Å². The lowest BCUT2D eigenvalue weighted by molar-refractivity contribution is -0.274. The smallest absolute Gasteiger partial charge is 0.403 e. The Labute approximate surface area is 110 Å². The molecule has 0 radical (unpaired) electrons. The van der Waals surface area contributed by atoms with Crippen molar-refractivity contribution in [3.8, 4) is 5.75 Å². The van der Waals surface area contributed by atoms with E-state index < -0.39 is 24.0 Å². The van der Waals surface area contributed by atoms with Gasteiger partial charge in [-0.1, -0.05) is 17.7 Å². The first kappa shape index (κ1) is 14.9. The molecule has 10 heteroatoms. The summed E-state index contributed by atoms with van der Waals surface area (Å²) < 4.78 is 40.3. The average molecular weight is 296 g/mol. The van der Waals surface area contributed by atoms with Gasteiger partial charge in [0.15, 0.2) is 11.7 Å². The lowest BCUT2D eigenvalue weighted by Crippen LogP contribution is -2.26. The van der Waals surface area contributed by atoms with Crippen LogP contribution in [0.5, 0.6) is 5.75 Å². The largest absolute Gasteiger partial charge is 0.573 e. The van der Waals surface area contributed by atoms with Crippen molar-refractivity contribution in [2.45, 2.75) is 6.36 Å². The van der Waals surface area contributed by atoms with E-state index in [1.165, 1.54) is 12.1 Å². The summed E-state index contributed by atoms with van der Waals surface area (Å²) in [5.74, 6) is -1.47. The van der Waals surface area contributed by atoms with Gasteiger partial charge in [-0.2, -0.15) is 4.99 Å². The lowest BCUT2D eigenvalue weighted by Gasteiger charge is -2.11. The summed E-state index contributed by atoms with van der Waals surface area (Å²) in [7, 11) is 0. The van der Waals surface area contributed by atoms with Crippen molar-refractivity contribution in [3.63, 3.8) is 0 Å². The number of alkyl halides is 3. The van der Waals surface area contributed by atoms with Gasteiger partial charge in [-0.15, -0.1) is 13.2 Å². The standard InChI is InChI=1S/C9H9ClF3N5O/c10-4-2-1-3-5(19-9(11,12)13)6(4)17-8(16)18-7(14)15/h1-3H,(H6,14,15,16,17,18). The number of nitrogens with two attached hydrogens (primary N) is 3. The molecule has 0 saturated carbocycles. The SMILES string of the molecule is NC(N)=NC(N)=Nc1c(Cl)cccc1OC(F)(F)F. The molecule has 0 unspecified atom stereocenters. The van der Waals surface area contributed by atoms with Crippen LogP contribution in [-0.2, 0) is 0 Å². The highest BCUT2D eigenvalue weighted by atomic mass is 35.5. The highest BCUT2D eigenvalue weighted by molar-refractivity contribution is 6.33. The molecule has 0 aromatic heterocycles. The highest BCUT2D eigenvalue weighted by Crippen LogP contribution is 2.37. The number of halogens is 4. The number of rotatable bonds is 2. The molecule has 1 aromatic rings. The van der Waals surface area contributed by atoms with Gasteiger partial charge in [-0.05, 0) is 12.1 Å². The van der Waals surface area contributed by atoms with Crippen LogP contribution >= 0.6 is 11.6 Å². The predicted octanol–water partition coefficient (Wildman–Crippen LogP) is 1.46. The Morgan fingerprint density at radius 2 is 1.84 bits per heavy atom. The van der Waals surface area contributed by atoms with Gasteiger partial charge in [-0.25, -0.2) is 4.99 Å². The first-order chi connectivity index (χ1) is 8.69. The minimum Gasteiger partial charge on any atom is -0.403 e. The van der Waals surface area contributed by atoms with Crippen LogP contribution in [-0.4, -0.2) is 18.3 Å². The van der Waals surface area contributed by atoms with Crippen LogP contribution in [0.1, 0.15) is 0 Å². The average Bonchev–Trinajstić information content (AvgIpc) is 2.20. The molecule has 0 atom stereocenters. The fourth-order valence-corrected chi connectivity index (χ4v) is 1.29. The Bertz CT molecular complexity index is 525. The van der Waals surface area contributed by atoms with Gasteiger partial charge >= 0.3 is 6.36 Å². The van der Waals surface area contributed by atoms with Crippen molar-refractivity contribution in [1.29, 1.82) is 0 Å². The van der Waals surface area contributed by atoms with E-state index in [9.17, 15) is 13.2 Å². The fraction of sp³-hybridized carbons (Fsp3) is 0.111. The Morgan fingerprint density at radius 3 is 2.37 bits per heavy atom.